The van der Waals surface area contributed by atoms with Crippen LogP contribution in [0.4, 0.5) is 0 Å². The highest BCUT2D eigenvalue weighted by Crippen LogP contribution is 2.25. The number of nitrogens with zero attached hydrogens (tertiary/aromatic N) is 1. The first-order valence-electron chi connectivity index (χ1n) is 6.74. The lowest BCUT2D eigenvalue weighted by Crippen LogP contribution is -2.42. The largest absolute Gasteiger partial charge is 0.496 e. The summed E-state index contributed by atoms with van der Waals surface area (Å²) in [5, 5.41) is 0. The third kappa shape index (κ3) is 2.99. The first-order chi connectivity index (χ1) is 9.55. The van der Waals surface area contributed by atoms with Gasteiger partial charge in [-0.05, 0) is 23.6 Å². The first kappa shape index (κ1) is 14.5. The third-order valence-corrected chi connectivity index (χ3v) is 3.56. The van der Waals surface area contributed by atoms with E-state index in [1.807, 2.05) is 25.1 Å². The highest BCUT2D eigenvalue weighted by Gasteiger charge is 2.30. The molecule has 2 N–H and O–H groups in total. The van der Waals surface area contributed by atoms with Crippen molar-refractivity contribution in [3.05, 3.63) is 29.3 Å². The van der Waals surface area contributed by atoms with Crippen LogP contribution in [-0.2, 0) is 22.7 Å². The van der Waals surface area contributed by atoms with Crippen LogP contribution < -0.4 is 10.5 Å². The Kier molecular flexibility index (Phi) is 4.39. The Hall–Kier alpha value is -1.88. The molecule has 0 aliphatic carbocycles. The van der Waals surface area contributed by atoms with Crippen molar-refractivity contribution < 1.29 is 14.3 Å². The van der Waals surface area contributed by atoms with E-state index in [1.54, 1.807) is 7.11 Å². The highest BCUT2D eigenvalue weighted by molar-refractivity contribution is 5.97. The summed E-state index contributed by atoms with van der Waals surface area (Å²) < 4.78 is 5.29. The van der Waals surface area contributed by atoms with E-state index >= 15 is 0 Å². The summed E-state index contributed by atoms with van der Waals surface area (Å²) in [5.41, 5.74) is 7.39. The van der Waals surface area contributed by atoms with Crippen LogP contribution in [0.2, 0.25) is 0 Å². The van der Waals surface area contributed by atoms with Crippen molar-refractivity contribution in [3.8, 4) is 5.75 Å². The van der Waals surface area contributed by atoms with Crippen LogP contribution in [0.5, 0.6) is 5.75 Å². The summed E-state index contributed by atoms with van der Waals surface area (Å²) in [4.78, 5) is 25.3. The third-order valence-electron chi connectivity index (χ3n) is 3.56. The second-order valence-electron chi connectivity index (χ2n) is 5.24. The van der Waals surface area contributed by atoms with Gasteiger partial charge in [-0.3, -0.25) is 14.5 Å². The number of nitrogens with two attached hydrogens (primary N) is 1. The quantitative estimate of drug-likeness (QED) is 0.845. The van der Waals surface area contributed by atoms with Gasteiger partial charge >= 0.3 is 0 Å². The number of rotatable bonds is 4. The molecule has 0 saturated carbocycles. The summed E-state index contributed by atoms with van der Waals surface area (Å²) in [7, 11) is 1.57. The maximum atomic E-state index is 12.0. The molecule has 2 amide bonds. The van der Waals surface area contributed by atoms with Crippen molar-refractivity contribution in [3.63, 3.8) is 0 Å². The van der Waals surface area contributed by atoms with E-state index in [-0.39, 0.29) is 24.3 Å². The summed E-state index contributed by atoms with van der Waals surface area (Å²) >= 11 is 0. The van der Waals surface area contributed by atoms with Crippen molar-refractivity contribution in [2.75, 3.05) is 7.11 Å². The van der Waals surface area contributed by atoms with Crippen molar-refractivity contribution in [2.24, 2.45) is 11.7 Å². The number of benzene rings is 1. The molecule has 2 rings (SSSR count). The van der Waals surface area contributed by atoms with Crippen LogP contribution >= 0.6 is 0 Å². The molecule has 5 heteroatoms. The molecule has 1 fully saturated rings. The molecule has 0 atom stereocenters. The number of amides is 2. The van der Waals surface area contributed by atoms with E-state index in [0.717, 1.165) is 11.1 Å². The Morgan fingerprint density at radius 1 is 1.30 bits per heavy atom. The molecule has 1 aromatic carbocycles. The van der Waals surface area contributed by atoms with Crippen LogP contribution in [0.1, 0.15) is 30.9 Å². The van der Waals surface area contributed by atoms with Crippen LogP contribution in [0.3, 0.4) is 0 Å². The second kappa shape index (κ2) is 6.05. The molecule has 0 bridgehead atoms. The number of piperidine rings is 1. The van der Waals surface area contributed by atoms with E-state index < -0.39 is 0 Å². The van der Waals surface area contributed by atoms with Crippen LogP contribution in [-0.4, -0.2) is 23.8 Å². The molecule has 1 saturated heterocycles. The molecule has 20 heavy (non-hydrogen) atoms. The fourth-order valence-electron chi connectivity index (χ4n) is 2.46. The molecule has 1 heterocycles. The van der Waals surface area contributed by atoms with Gasteiger partial charge in [0.05, 0.1) is 13.7 Å². The lowest BCUT2D eigenvalue weighted by atomic mass is 9.97. The van der Waals surface area contributed by atoms with E-state index in [9.17, 15) is 9.59 Å². The normalized spacial score (nSPS) is 16.6. The van der Waals surface area contributed by atoms with Gasteiger partial charge in [0.2, 0.25) is 11.8 Å². The molecule has 1 aliphatic rings. The molecule has 0 spiro atoms. The van der Waals surface area contributed by atoms with Crippen molar-refractivity contribution >= 4 is 11.8 Å². The fraction of sp³-hybridized carbons (Fsp3) is 0.467. The zero-order chi connectivity index (χ0) is 14.7. The van der Waals surface area contributed by atoms with Gasteiger partial charge in [-0.1, -0.05) is 13.0 Å². The fourth-order valence-corrected chi connectivity index (χ4v) is 2.46. The SMILES string of the molecule is COc1ccc(CN)cc1CN1C(=O)CC(C)CC1=O. The predicted molar refractivity (Wildman–Crippen MR) is 74.8 cm³/mol. The number of likely N-dealkylation sites (tertiary alicyclic amines) is 1. The van der Waals surface area contributed by atoms with E-state index in [1.165, 1.54) is 4.90 Å². The maximum Gasteiger partial charge on any atom is 0.229 e. The second-order valence-corrected chi connectivity index (χ2v) is 5.24. The molecule has 0 unspecified atom stereocenters. The number of hydrogen-bond donors (Lipinski definition) is 1. The molecule has 1 aliphatic heterocycles. The molecular weight excluding hydrogens is 256 g/mol. The number of imide groups is 1. The van der Waals surface area contributed by atoms with E-state index in [4.69, 9.17) is 10.5 Å². The topological polar surface area (TPSA) is 72.6 Å². The van der Waals surface area contributed by atoms with Gasteiger partial charge in [-0.15, -0.1) is 0 Å². The molecule has 0 radical (unpaired) electrons. The van der Waals surface area contributed by atoms with Gasteiger partial charge in [0.25, 0.3) is 0 Å². The molecule has 0 aromatic heterocycles. The highest BCUT2D eigenvalue weighted by atomic mass is 16.5. The Bertz CT molecular complexity index is 510. The van der Waals surface area contributed by atoms with Crippen molar-refractivity contribution in [1.29, 1.82) is 0 Å². The lowest BCUT2D eigenvalue weighted by Gasteiger charge is -2.28. The zero-order valence-corrected chi connectivity index (χ0v) is 11.9. The van der Waals surface area contributed by atoms with Gasteiger partial charge in [-0.2, -0.15) is 0 Å². The summed E-state index contributed by atoms with van der Waals surface area (Å²) in [6.45, 7) is 2.58. The van der Waals surface area contributed by atoms with Gasteiger partial charge in [0.1, 0.15) is 5.75 Å². The minimum atomic E-state index is -0.117. The molecule has 1 aromatic rings. The average molecular weight is 276 g/mol. The predicted octanol–water partition coefficient (Wildman–Crippen LogP) is 1.44. The van der Waals surface area contributed by atoms with Gasteiger partial charge < -0.3 is 10.5 Å². The standard InChI is InChI=1S/C15H20N2O3/c1-10-5-14(18)17(15(19)6-10)9-12-7-11(8-16)3-4-13(12)20-2/h3-4,7,10H,5-6,8-9,16H2,1-2H3. The first-order valence-corrected chi connectivity index (χ1v) is 6.74. The number of ether oxygens (including phenoxy) is 1. The zero-order valence-electron chi connectivity index (χ0n) is 11.9. The lowest BCUT2D eigenvalue weighted by molar-refractivity contribution is -0.150. The minimum absolute atomic E-state index is 0.117. The Morgan fingerprint density at radius 2 is 1.95 bits per heavy atom. The van der Waals surface area contributed by atoms with Crippen LogP contribution in [0, 0.1) is 5.92 Å². The molecule has 5 nitrogen and oxygen atoms in total. The van der Waals surface area contributed by atoms with Crippen molar-refractivity contribution in [2.45, 2.75) is 32.9 Å². The van der Waals surface area contributed by atoms with Gasteiger partial charge in [0, 0.05) is 24.9 Å². The monoisotopic (exact) mass is 276 g/mol. The van der Waals surface area contributed by atoms with E-state index in [2.05, 4.69) is 0 Å². The number of carbonyl (C=O) groups excluding carboxylic acids is 2. The Labute approximate surface area is 118 Å². The van der Waals surface area contributed by atoms with Crippen LogP contribution in [0.25, 0.3) is 0 Å². The summed E-state index contributed by atoms with van der Waals surface area (Å²) in [6, 6.07) is 5.58. The Morgan fingerprint density at radius 3 is 2.50 bits per heavy atom. The van der Waals surface area contributed by atoms with Crippen LogP contribution in [0.15, 0.2) is 18.2 Å². The smallest absolute Gasteiger partial charge is 0.229 e. The maximum absolute atomic E-state index is 12.0. The number of methoxy groups -OCH3 is 1. The van der Waals surface area contributed by atoms with Gasteiger partial charge in [-0.25, -0.2) is 0 Å². The number of carbonyl (C=O) groups is 2. The van der Waals surface area contributed by atoms with Gasteiger partial charge in [0.15, 0.2) is 0 Å². The Balaban J connectivity index is 2.24. The minimum Gasteiger partial charge on any atom is -0.496 e. The number of hydrogen-bond acceptors (Lipinski definition) is 4. The van der Waals surface area contributed by atoms with E-state index in [0.29, 0.717) is 25.1 Å². The summed E-state index contributed by atoms with van der Waals surface area (Å²) in [5.74, 6) is 0.563. The molecular formula is C15H20N2O3. The average Bonchev–Trinajstić information content (AvgIpc) is 2.42. The molecule has 108 valence electrons. The summed E-state index contributed by atoms with van der Waals surface area (Å²) in [6.07, 6.45) is 0.843. The van der Waals surface area contributed by atoms with Crippen molar-refractivity contribution in [1.82, 2.24) is 4.90 Å².